The van der Waals surface area contributed by atoms with Gasteiger partial charge in [0, 0.05) is 28.9 Å². The van der Waals surface area contributed by atoms with E-state index in [0.29, 0.717) is 11.0 Å². The van der Waals surface area contributed by atoms with E-state index in [0.717, 1.165) is 28.7 Å². The summed E-state index contributed by atoms with van der Waals surface area (Å²) in [4.78, 5) is 2.79. The van der Waals surface area contributed by atoms with Gasteiger partial charge in [0.25, 0.3) is 0 Å². The second kappa shape index (κ2) is 5.45. The van der Waals surface area contributed by atoms with Gasteiger partial charge in [-0.2, -0.15) is 0 Å². The molecule has 1 saturated carbocycles. The monoisotopic (exact) mass is 282 g/mol. The SMILES string of the molecule is CC(C)N(CC1CC1)c1cc(Cl)ccc1C(N)=S. The Kier molecular flexibility index (Phi) is 4.13. The van der Waals surface area contributed by atoms with Crippen LogP contribution in [-0.4, -0.2) is 17.6 Å². The highest BCUT2D eigenvalue weighted by atomic mass is 35.5. The Morgan fingerprint density at radius 1 is 1.50 bits per heavy atom. The molecule has 98 valence electrons. The largest absolute Gasteiger partial charge is 0.389 e. The highest BCUT2D eigenvalue weighted by Gasteiger charge is 2.27. The topological polar surface area (TPSA) is 29.3 Å². The van der Waals surface area contributed by atoms with Crippen LogP contribution in [0.3, 0.4) is 0 Å². The molecular weight excluding hydrogens is 264 g/mol. The first-order chi connectivity index (χ1) is 8.49. The molecular formula is C14H19ClN2S. The van der Waals surface area contributed by atoms with E-state index < -0.39 is 0 Å². The first-order valence-corrected chi connectivity index (χ1v) is 7.13. The number of anilines is 1. The number of rotatable bonds is 5. The molecule has 0 amide bonds. The van der Waals surface area contributed by atoms with Gasteiger partial charge in [-0.25, -0.2) is 0 Å². The lowest BCUT2D eigenvalue weighted by molar-refractivity contribution is 0.644. The molecule has 2 nitrogen and oxygen atoms in total. The van der Waals surface area contributed by atoms with Crippen molar-refractivity contribution in [2.75, 3.05) is 11.4 Å². The van der Waals surface area contributed by atoms with Crippen LogP contribution in [0.2, 0.25) is 5.02 Å². The number of hydrogen-bond acceptors (Lipinski definition) is 2. The number of thiocarbonyl (C=S) groups is 1. The van der Waals surface area contributed by atoms with Crippen molar-refractivity contribution in [1.29, 1.82) is 0 Å². The maximum atomic E-state index is 6.11. The molecule has 2 rings (SSSR count). The molecule has 0 spiro atoms. The van der Waals surface area contributed by atoms with Gasteiger partial charge in [0.1, 0.15) is 4.99 Å². The Bertz CT molecular complexity index is 455. The van der Waals surface area contributed by atoms with Gasteiger partial charge in [-0.1, -0.05) is 23.8 Å². The van der Waals surface area contributed by atoms with E-state index in [1.54, 1.807) is 0 Å². The normalized spacial score (nSPS) is 14.9. The van der Waals surface area contributed by atoms with Crippen LogP contribution in [0.5, 0.6) is 0 Å². The summed E-state index contributed by atoms with van der Waals surface area (Å²) in [5.74, 6) is 0.811. The minimum absolute atomic E-state index is 0.414. The molecule has 1 aliphatic rings. The third-order valence-electron chi connectivity index (χ3n) is 3.31. The van der Waals surface area contributed by atoms with Crippen LogP contribution >= 0.6 is 23.8 Å². The molecule has 1 aromatic carbocycles. The molecule has 4 heteroatoms. The van der Waals surface area contributed by atoms with Crippen LogP contribution in [0.15, 0.2) is 18.2 Å². The standard InChI is InChI=1S/C14H19ClN2S/c1-9(2)17(8-10-3-4-10)13-7-11(15)5-6-12(13)14(16)18/h5-7,9-10H,3-4,8H2,1-2H3,(H2,16,18). The lowest BCUT2D eigenvalue weighted by atomic mass is 10.1. The van der Waals surface area contributed by atoms with Crippen molar-refractivity contribution >= 4 is 34.5 Å². The van der Waals surface area contributed by atoms with E-state index in [9.17, 15) is 0 Å². The first-order valence-electron chi connectivity index (χ1n) is 6.35. The fourth-order valence-electron chi connectivity index (χ4n) is 2.12. The minimum atomic E-state index is 0.414. The lowest BCUT2D eigenvalue weighted by Gasteiger charge is -2.31. The van der Waals surface area contributed by atoms with Crippen LogP contribution < -0.4 is 10.6 Å². The Morgan fingerprint density at radius 3 is 2.67 bits per heavy atom. The van der Waals surface area contributed by atoms with E-state index in [1.165, 1.54) is 12.8 Å². The summed E-state index contributed by atoms with van der Waals surface area (Å²) < 4.78 is 0. The van der Waals surface area contributed by atoms with E-state index in [4.69, 9.17) is 29.6 Å². The maximum Gasteiger partial charge on any atom is 0.106 e. The molecule has 1 aliphatic carbocycles. The van der Waals surface area contributed by atoms with Crippen molar-refractivity contribution in [3.05, 3.63) is 28.8 Å². The van der Waals surface area contributed by atoms with Crippen LogP contribution in [0.1, 0.15) is 32.3 Å². The summed E-state index contributed by atoms with van der Waals surface area (Å²) in [5, 5.41) is 0.728. The van der Waals surface area contributed by atoms with Crippen LogP contribution in [0.25, 0.3) is 0 Å². The van der Waals surface area contributed by atoms with Gasteiger partial charge in [-0.05, 0) is 50.8 Å². The molecule has 0 aliphatic heterocycles. The lowest BCUT2D eigenvalue weighted by Crippen LogP contribution is -2.34. The number of hydrogen-bond donors (Lipinski definition) is 1. The molecule has 0 atom stereocenters. The molecule has 0 heterocycles. The summed E-state index contributed by atoms with van der Waals surface area (Å²) in [7, 11) is 0. The zero-order valence-corrected chi connectivity index (χ0v) is 12.4. The van der Waals surface area contributed by atoms with Crippen molar-refractivity contribution in [3.8, 4) is 0 Å². The molecule has 0 bridgehead atoms. The Morgan fingerprint density at radius 2 is 2.17 bits per heavy atom. The summed E-state index contributed by atoms with van der Waals surface area (Å²) in [6.07, 6.45) is 2.65. The number of benzene rings is 1. The van der Waals surface area contributed by atoms with E-state index in [2.05, 4.69) is 18.7 Å². The molecule has 1 fully saturated rings. The predicted octanol–water partition coefficient (Wildman–Crippen LogP) is 3.60. The number of halogens is 1. The maximum absolute atomic E-state index is 6.11. The molecule has 0 radical (unpaired) electrons. The van der Waals surface area contributed by atoms with Crippen molar-refractivity contribution in [2.45, 2.75) is 32.7 Å². The second-order valence-corrected chi connectivity index (χ2v) is 6.09. The predicted molar refractivity (Wildman–Crippen MR) is 82.5 cm³/mol. The average molecular weight is 283 g/mol. The van der Waals surface area contributed by atoms with Gasteiger partial charge < -0.3 is 10.6 Å². The Balaban J connectivity index is 2.37. The van der Waals surface area contributed by atoms with Gasteiger partial charge in [-0.3, -0.25) is 0 Å². The van der Waals surface area contributed by atoms with Crippen LogP contribution in [0, 0.1) is 5.92 Å². The van der Waals surface area contributed by atoms with Crippen LogP contribution in [0.4, 0.5) is 5.69 Å². The molecule has 0 saturated heterocycles. The van der Waals surface area contributed by atoms with Crippen molar-refractivity contribution in [3.63, 3.8) is 0 Å². The summed E-state index contributed by atoms with van der Waals surface area (Å²) in [6.45, 7) is 5.44. The Labute approximate surface area is 119 Å². The van der Waals surface area contributed by atoms with Crippen molar-refractivity contribution < 1.29 is 0 Å². The minimum Gasteiger partial charge on any atom is -0.389 e. The second-order valence-electron chi connectivity index (χ2n) is 5.22. The van der Waals surface area contributed by atoms with Gasteiger partial charge in [0.05, 0.1) is 0 Å². The highest BCUT2D eigenvalue weighted by Crippen LogP contribution is 2.34. The quantitative estimate of drug-likeness (QED) is 0.837. The fraction of sp³-hybridized carbons (Fsp3) is 0.500. The Hall–Kier alpha value is -0.800. The summed E-state index contributed by atoms with van der Waals surface area (Å²) in [6, 6.07) is 6.15. The van der Waals surface area contributed by atoms with Gasteiger partial charge in [-0.15, -0.1) is 0 Å². The molecule has 2 N–H and O–H groups in total. The molecule has 0 aromatic heterocycles. The zero-order chi connectivity index (χ0) is 13.3. The molecule has 18 heavy (non-hydrogen) atoms. The van der Waals surface area contributed by atoms with Gasteiger partial charge >= 0.3 is 0 Å². The molecule has 0 unspecified atom stereocenters. The third-order valence-corrected chi connectivity index (χ3v) is 3.76. The summed E-state index contributed by atoms with van der Waals surface area (Å²) in [5.41, 5.74) is 7.80. The van der Waals surface area contributed by atoms with Gasteiger partial charge in [0.2, 0.25) is 0 Å². The third kappa shape index (κ3) is 3.15. The van der Waals surface area contributed by atoms with E-state index in [1.807, 2.05) is 18.2 Å². The first kappa shape index (κ1) is 13.6. The number of nitrogens with two attached hydrogens (primary N) is 1. The molecule has 1 aromatic rings. The van der Waals surface area contributed by atoms with E-state index >= 15 is 0 Å². The van der Waals surface area contributed by atoms with Gasteiger partial charge in [0.15, 0.2) is 0 Å². The summed E-state index contributed by atoms with van der Waals surface area (Å²) >= 11 is 11.2. The van der Waals surface area contributed by atoms with E-state index in [-0.39, 0.29) is 0 Å². The zero-order valence-electron chi connectivity index (χ0n) is 10.8. The highest BCUT2D eigenvalue weighted by molar-refractivity contribution is 7.80. The fourth-order valence-corrected chi connectivity index (χ4v) is 2.46. The smallest absolute Gasteiger partial charge is 0.106 e. The van der Waals surface area contributed by atoms with Crippen molar-refractivity contribution in [1.82, 2.24) is 0 Å². The van der Waals surface area contributed by atoms with Crippen molar-refractivity contribution in [2.24, 2.45) is 11.7 Å². The number of nitrogens with zero attached hydrogens (tertiary/aromatic N) is 1. The van der Waals surface area contributed by atoms with Crippen LogP contribution in [-0.2, 0) is 0 Å². The average Bonchev–Trinajstić information content (AvgIpc) is 3.08.